The normalized spacial score (nSPS) is 10.6. The van der Waals surface area contributed by atoms with Gasteiger partial charge in [0.15, 0.2) is 5.69 Å². The van der Waals surface area contributed by atoms with Crippen LogP contribution in [0.25, 0.3) is 0 Å². The summed E-state index contributed by atoms with van der Waals surface area (Å²) in [4.78, 5) is 11.9. The molecule has 0 saturated carbocycles. The first-order chi connectivity index (χ1) is 9.58. The molecule has 2 rings (SSSR count). The van der Waals surface area contributed by atoms with Crippen LogP contribution in [0, 0.1) is 13.8 Å². The predicted molar refractivity (Wildman–Crippen MR) is 77.6 cm³/mol. The van der Waals surface area contributed by atoms with Gasteiger partial charge in [0.1, 0.15) is 6.61 Å². The van der Waals surface area contributed by atoms with E-state index < -0.39 is 0 Å². The number of ether oxygens (including phenoxy) is 1. The second kappa shape index (κ2) is 6.37. The Hall–Kier alpha value is -2.10. The topological polar surface area (TPSA) is 55.0 Å². The summed E-state index contributed by atoms with van der Waals surface area (Å²) in [7, 11) is 0. The van der Waals surface area contributed by atoms with Crippen molar-refractivity contribution in [3.8, 4) is 0 Å². The van der Waals surface area contributed by atoms with Crippen molar-refractivity contribution in [3.05, 3.63) is 52.3 Å². The lowest BCUT2D eigenvalue weighted by atomic mass is 10.1. The lowest BCUT2D eigenvalue weighted by Gasteiger charge is -2.05. The van der Waals surface area contributed by atoms with Crippen LogP contribution in [0.4, 0.5) is 0 Å². The van der Waals surface area contributed by atoms with Crippen LogP contribution in [0.15, 0.2) is 24.3 Å². The Labute approximate surface area is 119 Å². The van der Waals surface area contributed by atoms with Crippen molar-refractivity contribution >= 4 is 5.97 Å². The minimum Gasteiger partial charge on any atom is -0.456 e. The number of carbonyl (C=O) groups excluding carboxylic acids is 1. The molecule has 0 atom stereocenters. The zero-order valence-electron chi connectivity index (χ0n) is 12.2. The summed E-state index contributed by atoms with van der Waals surface area (Å²) in [6, 6.07) is 7.89. The lowest BCUT2D eigenvalue weighted by molar-refractivity contribution is 0.0465. The predicted octanol–water partition coefficient (Wildman–Crippen LogP) is 3.34. The molecule has 0 unspecified atom stereocenters. The largest absolute Gasteiger partial charge is 0.456 e. The molecule has 2 aromatic rings. The number of hydrogen-bond acceptors (Lipinski definition) is 3. The molecule has 0 bridgehead atoms. The Morgan fingerprint density at radius 2 is 1.90 bits per heavy atom. The fourth-order valence-electron chi connectivity index (χ4n) is 2.24. The summed E-state index contributed by atoms with van der Waals surface area (Å²) >= 11 is 0. The van der Waals surface area contributed by atoms with Crippen LogP contribution >= 0.6 is 0 Å². The van der Waals surface area contributed by atoms with E-state index in [0.717, 1.165) is 24.1 Å². The van der Waals surface area contributed by atoms with Crippen LogP contribution in [-0.4, -0.2) is 16.2 Å². The highest BCUT2D eigenvalue weighted by Gasteiger charge is 2.12. The van der Waals surface area contributed by atoms with Gasteiger partial charge in [0.05, 0.1) is 0 Å². The molecule has 0 aliphatic carbocycles. The number of nitrogens with zero attached hydrogens (tertiary/aromatic N) is 1. The second-order valence-corrected chi connectivity index (χ2v) is 5.10. The molecule has 0 aliphatic rings. The lowest BCUT2D eigenvalue weighted by Crippen LogP contribution is -2.06. The Morgan fingerprint density at radius 3 is 2.55 bits per heavy atom. The smallest absolute Gasteiger partial charge is 0.359 e. The number of rotatable bonds is 5. The van der Waals surface area contributed by atoms with Crippen LogP contribution < -0.4 is 0 Å². The molecule has 0 saturated heterocycles. The standard InChI is InChI=1S/C16H20N2O2/c1-4-5-14-9-15(18-17-14)16(19)20-10-13-7-11(2)6-12(3)8-13/h6-9H,4-5,10H2,1-3H3,(H,17,18). The average molecular weight is 272 g/mol. The van der Waals surface area contributed by atoms with Gasteiger partial charge in [0.2, 0.25) is 0 Å². The number of aromatic amines is 1. The number of benzene rings is 1. The van der Waals surface area contributed by atoms with E-state index in [9.17, 15) is 4.79 Å². The van der Waals surface area contributed by atoms with Gasteiger partial charge >= 0.3 is 5.97 Å². The van der Waals surface area contributed by atoms with Crippen molar-refractivity contribution in [2.75, 3.05) is 0 Å². The van der Waals surface area contributed by atoms with E-state index in [1.165, 1.54) is 11.1 Å². The number of hydrogen-bond donors (Lipinski definition) is 1. The van der Waals surface area contributed by atoms with Crippen molar-refractivity contribution in [1.82, 2.24) is 10.2 Å². The number of aryl methyl sites for hydroxylation is 3. The Bertz CT molecular complexity index is 582. The Morgan fingerprint density at radius 1 is 1.20 bits per heavy atom. The first-order valence-electron chi connectivity index (χ1n) is 6.87. The third kappa shape index (κ3) is 3.70. The summed E-state index contributed by atoms with van der Waals surface area (Å²) in [5.74, 6) is -0.386. The molecule has 1 aromatic heterocycles. The first kappa shape index (κ1) is 14.3. The van der Waals surface area contributed by atoms with E-state index in [-0.39, 0.29) is 12.6 Å². The summed E-state index contributed by atoms with van der Waals surface area (Å²) in [6.07, 6.45) is 1.90. The molecule has 0 aliphatic heterocycles. The molecule has 106 valence electrons. The van der Waals surface area contributed by atoms with Crippen LogP contribution in [-0.2, 0) is 17.8 Å². The van der Waals surface area contributed by atoms with E-state index in [1.54, 1.807) is 6.07 Å². The fraction of sp³-hybridized carbons (Fsp3) is 0.375. The van der Waals surface area contributed by atoms with E-state index in [2.05, 4.69) is 23.2 Å². The van der Waals surface area contributed by atoms with Crippen LogP contribution in [0.3, 0.4) is 0 Å². The van der Waals surface area contributed by atoms with Crippen molar-refractivity contribution in [2.45, 2.75) is 40.2 Å². The zero-order chi connectivity index (χ0) is 14.5. The van der Waals surface area contributed by atoms with E-state index in [4.69, 9.17) is 4.74 Å². The van der Waals surface area contributed by atoms with Gasteiger partial charge < -0.3 is 4.74 Å². The molecular weight excluding hydrogens is 252 g/mol. The van der Waals surface area contributed by atoms with Crippen molar-refractivity contribution in [3.63, 3.8) is 0 Å². The quantitative estimate of drug-likeness (QED) is 0.849. The molecule has 0 fully saturated rings. The highest BCUT2D eigenvalue weighted by Crippen LogP contribution is 2.11. The maximum atomic E-state index is 11.9. The monoisotopic (exact) mass is 272 g/mol. The van der Waals surface area contributed by atoms with Gasteiger partial charge in [-0.25, -0.2) is 4.79 Å². The first-order valence-corrected chi connectivity index (χ1v) is 6.87. The van der Waals surface area contributed by atoms with E-state index in [1.807, 2.05) is 26.0 Å². The Kier molecular flexibility index (Phi) is 4.56. The molecule has 4 heteroatoms. The van der Waals surface area contributed by atoms with Gasteiger partial charge in [0, 0.05) is 5.69 Å². The zero-order valence-corrected chi connectivity index (χ0v) is 12.2. The van der Waals surface area contributed by atoms with Gasteiger partial charge in [-0.1, -0.05) is 42.7 Å². The third-order valence-corrected chi connectivity index (χ3v) is 3.01. The number of aromatic nitrogens is 2. The molecular formula is C16H20N2O2. The number of carbonyl (C=O) groups is 1. The number of H-pyrrole nitrogens is 1. The summed E-state index contributed by atoms with van der Waals surface area (Å²) < 4.78 is 5.29. The average Bonchev–Trinajstić information content (AvgIpc) is 2.84. The van der Waals surface area contributed by atoms with Gasteiger partial charge in [-0.3, -0.25) is 5.10 Å². The fourth-order valence-corrected chi connectivity index (χ4v) is 2.24. The summed E-state index contributed by atoms with van der Waals surface area (Å²) in [6.45, 7) is 6.42. The molecule has 1 N–H and O–H groups in total. The van der Waals surface area contributed by atoms with E-state index in [0.29, 0.717) is 5.69 Å². The number of esters is 1. The molecule has 20 heavy (non-hydrogen) atoms. The van der Waals surface area contributed by atoms with Crippen LogP contribution in [0.1, 0.15) is 46.2 Å². The maximum Gasteiger partial charge on any atom is 0.359 e. The van der Waals surface area contributed by atoms with E-state index >= 15 is 0 Å². The minimum absolute atomic E-state index is 0.275. The molecule has 1 aromatic carbocycles. The molecule has 1 heterocycles. The summed E-state index contributed by atoms with van der Waals surface area (Å²) in [5, 5.41) is 6.84. The number of nitrogens with one attached hydrogen (secondary N) is 1. The molecule has 0 spiro atoms. The van der Waals surface area contributed by atoms with Crippen molar-refractivity contribution in [1.29, 1.82) is 0 Å². The van der Waals surface area contributed by atoms with Gasteiger partial charge in [0.25, 0.3) is 0 Å². The highest BCUT2D eigenvalue weighted by atomic mass is 16.5. The SMILES string of the molecule is CCCc1cc(C(=O)OCc2cc(C)cc(C)c2)n[nH]1. The summed E-state index contributed by atoms with van der Waals surface area (Å²) in [5.41, 5.74) is 4.64. The second-order valence-electron chi connectivity index (χ2n) is 5.10. The molecule has 4 nitrogen and oxygen atoms in total. The molecule has 0 amide bonds. The maximum absolute atomic E-state index is 11.9. The van der Waals surface area contributed by atoms with Gasteiger partial charge in [-0.15, -0.1) is 0 Å². The highest BCUT2D eigenvalue weighted by molar-refractivity contribution is 5.87. The van der Waals surface area contributed by atoms with Crippen molar-refractivity contribution in [2.24, 2.45) is 0 Å². The van der Waals surface area contributed by atoms with Crippen molar-refractivity contribution < 1.29 is 9.53 Å². The molecule has 0 radical (unpaired) electrons. The minimum atomic E-state index is -0.386. The van der Waals surface area contributed by atoms with Crippen LogP contribution in [0.2, 0.25) is 0 Å². The van der Waals surface area contributed by atoms with Gasteiger partial charge in [-0.05, 0) is 31.9 Å². The van der Waals surface area contributed by atoms with Crippen LogP contribution in [0.5, 0.6) is 0 Å². The third-order valence-electron chi connectivity index (χ3n) is 3.01. The van der Waals surface area contributed by atoms with Gasteiger partial charge in [-0.2, -0.15) is 5.10 Å². The Balaban J connectivity index is 1.97.